The molecule has 5 N–H and O–H groups in total. The molecule has 0 amide bonds. The summed E-state index contributed by atoms with van der Waals surface area (Å²) >= 11 is 0. The molecule has 29 heavy (non-hydrogen) atoms. The van der Waals surface area contributed by atoms with Gasteiger partial charge in [0.05, 0.1) is 23.9 Å². The van der Waals surface area contributed by atoms with Gasteiger partial charge in [0.25, 0.3) is 0 Å². The van der Waals surface area contributed by atoms with E-state index in [4.69, 9.17) is 15.2 Å². The van der Waals surface area contributed by atoms with Gasteiger partial charge in [-0.25, -0.2) is 0 Å². The van der Waals surface area contributed by atoms with Gasteiger partial charge in [0.15, 0.2) is 6.23 Å². The van der Waals surface area contributed by atoms with Crippen LogP contribution < -0.4 is 15.8 Å². The zero-order chi connectivity index (χ0) is 20.0. The first kappa shape index (κ1) is 18.3. The summed E-state index contributed by atoms with van der Waals surface area (Å²) in [5.74, 6) is 0.591. The molecule has 3 aliphatic rings. The third-order valence-electron chi connectivity index (χ3n) is 5.66. The van der Waals surface area contributed by atoms with E-state index >= 15 is 0 Å². The topological polar surface area (TPSA) is 125 Å². The molecule has 9 nitrogen and oxygen atoms in total. The Balaban J connectivity index is 1.27. The molecule has 9 heteroatoms. The van der Waals surface area contributed by atoms with E-state index in [2.05, 4.69) is 15.3 Å². The van der Waals surface area contributed by atoms with Gasteiger partial charge >= 0.3 is 0 Å². The summed E-state index contributed by atoms with van der Waals surface area (Å²) in [7, 11) is 0. The predicted octanol–water partition coefficient (Wildman–Crippen LogP) is -0.252. The SMILES string of the molecule is NC1NC=N[C@@H]2[C@H]1C=CN2[C@@H]1O[C@H](COc2ccc3cccnc3c2)[C@@H](O)[C@H]1O. The van der Waals surface area contributed by atoms with Crippen molar-refractivity contribution in [3.8, 4) is 5.75 Å². The molecule has 0 spiro atoms. The fraction of sp³-hybridized carbons (Fsp3) is 0.400. The number of ether oxygens (including phenoxy) is 2. The quantitative estimate of drug-likeness (QED) is 0.557. The number of aliphatic hydroxyl groups is 2. The van der Waals surface area contributed by atoms with Gasteiger partial charge in [-0.15, -0.1) is 0 Å². The van der Waals surface area contributed by atoms with Crippen molar-refractivity contribution >= 4 is 17.2 Å². The Morgan fingerprint density at radius 2 is 2.14 bits per heavy atom. The summed E-state index contributed by atoms with van der Waals surface area (Å²) in [6.45, 7) is 0.100. The highest BCUT2D eigenvalue weighted by Crippen LogP contribution is 2.34. The zero-order valence-electron chi connectivity index (χ0n) is 15.6. The van der Waals surface area contributed by atoms with Crippen LogP contribution in [0.5, 0.6) is 5.75 Å². The second kappa shape index (κ2) is 7.27. The average molecular weight is 397 g/mol. The summed E-state index contributed by atoms with van der Waals surface area (Å²) < 4.78 is 11.8. The second-order valence-electron chi connectivity index (χ2n) is 7.47. The van der Waals surface area contributed by atoms with Crippen LogP contribution in [0, 0.1) is 5.92 Å². The molecule has 152 valence electrons. The lowest BCUT2D eigenvalue weighted by Gasteiger charge is -2.36. The van der Waals surface area contributed by atoms with Gasteiger partial charge < -0.3 is 35.6 Å². The van der Waals surface area contributed by atoms with Crippen LogP contribution in [0.3, 0.4) is 0 Å². The maximum Gasteiger partial charge on any atom is 0.160 e. The van der Waals surface area contributed by atoms with Gasteiger partial charge in [0.1, 0.15) is 36.8 Å². The summed E-state index contributed by atoms with van der Waals surface area (Å²) in [4.78, 5) is 10.5. The van der Waals surface area contributed by atoms with E-state index in [-0.39, 0.29) is 24.9 Å². The lowest BCUT2D eigenvalue weighted by Crippen LogP contribution is -2.54. The molecular formula is C20H23N5O4. The molecule has 7 atom stereocenters. The molecule has 5 rings (SSSR count). The highest BCUT2D eigenvalue weighted by molar-refractivity contribution is 5.79. The number of fused-ring (bicyclic) bond motifs is 2. The molecule has 1 aromatic heterocycles. The first-order valence-electron chi connectivity index (χ1n) is 9.60. The molecule has 0 saturated carbocycles. The van der Waals surface area contributed by atoms with Crippen LogP contribution in [0.2, 0.25) is 0 Å². The molecule has 4 heterocycles. The van der Waals surface area contributed by atoms with Crippen molar-refractivity contribution in [2.45, 2.75) is 36.9 Å². The van der Waals surface area contributed by atoms with Crippen molar-refractivity contribution in [2.75, 3.05) is 6.61 Å². The summed E-state index contributed by atoms with van der Waals surface area (Å²) in [5.41, 5.74) is 6.89. The van der Waals surface area contributed by atoms with E-state index in [0.29, 0.717) is 5.75 Å². The first-order chi connectivity index (χ1) is 14.1. The van der Waals surface area contributed by atoms with E-state index in [1.54, 1.807) is 17.4 Å². The Morgan fingerprint density at radius 1 is 1.24 bits per heavy atom. The van der Waals surface area contributed by atoms with Gasteiger partial charge in [-0.05, 0) is 18.2 Å². The normalized spacial score (nSPS) is 35.7. The minimum atomic E-state index is -1.09. The van der Waals surface area contributed by atoms with E-state index < -0.39 is 24.5 Å². The van der Waals surface area contributed by atoms with Crippen LogP contribution >= 0.6 is 0 Å². The van der Waals surface area contributed by atoms with Crippen molar-refractivity contribution in [3.05, 3.63) is 48.8 Å². The Kier molecular flexibility index (Phi) is 4.59. The summed E-state index contributed by atoms with van der Waals surface area (Å²) in [6.07, 6.45) is 2.93. The number of aromatic nitrogens is 1. The van der Waals surface area contributed by atoms with Gasteiger partial charge in [-0.3, -0.25) is 9.98 Å². The van der Waals surface area contributed by atoms with Crippen LogP contribution in [-0.4, -0.2) is 69.9 Å². The van der Waals surface area contributed by atoms with Gasteiger partial charge in [0.2, 0.25) is 0 Å². The number of nitrogens with zero attached hydrogens (tertiary/aromatic N) is 3. The number of hydrogen-bond donors (Lipinski definition) is 4. The largest absolute Gasteiger partial charge is 0.491 e. The molecule has 3 aliphatic heterocycles. The van der Waals surface area contributed by atoms with Crippen LogP contribution in [0.15, 0.2) is 53.8 Å². The Morgan fingerprint density at radius 3 is 3.03 bits per heavy atom. The Labute approximate surface area is 167 Å². The Bertz CT molecular complexity index is 953. The van der Waals surface area contributed by atoms with Crippen molar-refractivity contribution in [3.63, 3.8) is 0 Å². The highest BCUT2D eigenvalue weighted by Gasteiger charge is 2.49. The molecule has 0 bridgehead atoms. The molecule has 0 radical (unpaired) electrons. The van der Waals surface area contributed by atoms with Crippen LogP contribution in [-0.2, 0) is 4.74 Å². The summed E-state index contributed by atoms with van der Waals surface area (Å²) in [5, 5.41) is 25.1. The number of benzene rings is 1. The number of pyridine rings is 1. The molecule has 1 saturated heterocycles. The Hall–Kier alpha value is -2.72. The lowest BCUT2D eigenvalue weighted by atomic mass is 10.0. The van der Waals surface area contributed by atoms with Crippen molar-refractivity contribution in [2.24, 2.45) is 16.6 Å². The van der Waals surface area contributed by atoms with Gasteiger partial charge in [-0.1, -0.05) is 12.1 Å². The third kappa shape index (κ3) is 3.22. The average Bonchev–Trinajstić information content (AvgIpc) is 3.29. The van der Waals surface area contributed by atoms with E-state index in [1.165, 1.54) is 0 Å². The second-order valence-corrected chi connectivity index (χ2v) is 7.47. The number of aliphatic imine (C=N–C) groups is 1. The summed E-state index contributed by atoms with van der Waals surface area (Å²) in [6, 6.07) is 9.46. The minimum absolute atomic E-state index is 0.0339. The number of hydrogen-bond acceptors (Lipinski definition) is 9. The van der Waals surface area contributed by atoms with Crippen molar-refractivity contribution < 1.29 is 19.7 Å². The lowest BCUT2D eigenvalue weighted by molar-refractivity contribution is -0.0910. The monoisotopic (exact) mass is 397 g/mol. The van der Waals surface area contributed by atoms with E-state index in [0.717, 1.165) is 10.9 Å². The molecule has 0 aliphatic carbocycles. The highest BCUT2D eigenvalue weighted by atomic mass is 16.6. The maximum atomic E-state index is 10.6. The zero-order valence-corrected chi connectivity index (χ0v) is 15.6. The maximum absolute atomic E-state index is 10.6. The van der Waals surface area contributed by atoms with Crippen molar-refractivity contribution in [1.29, 1.82) is 0 Å². The molecule has 1 aromatic carbocycles. The van der Waals surface area contributed by atoms with Crippen LogP contribution in [0.25, 0.3) is 10.9 Å². The standard InChI is InChI=1S/C20H23N5O4/c21-18-13-5-7-25(19(13)24-10-23-18)20-17(27)16(26)15(29-20)9-28-12-4-3-11-2-1-6-22-14(11)8-12/h1-8,10,13,15-20,26-27H,9,21H2,(H,23,24)/t13-,15+,16+,17+,18?,19-,20+/m0/s1. The van der Waals surface area contributed by atoms with Gasteiger partial charge in [-0.2, -0.15) is 0 Å². The molecule has 1 fully saturated rings. The smallest absolute Gasteiger partial charge is 0.160 e. The first-order valence-corrected chi connectivity index (χ1v) is 9.60. The number of nitrogens with one attached hydrogen (secondary N) is 1. The minimum Gasteiger partial charge on any atom is -0.491 e. The molecular weight excluding hydrogens is 374 g/mol. The fourth-order valence-electron chi connectivity index (χ4n) is 4.05. The van der Waals surface area contributed by atoms with Crippen molar-refractivity contribution in [1.82, 2.24) is 15.2 Å². The van der Waals surface area contributed by atoms with E-state index in [9.17, 15) is 10.2 Å². The number of rotatable bonds is 4. The number of nitrogens with two attached hydrogens (primary N) is 1. The van der Waals surface area contributed by atoms with Gasteiger partial charge in [0, 0.05) is 23.8 Å². The van der Waals surface area contributed by atoms with E-state index in [1.807, 2.05) is 42.6 Å². The predicted molar refractivity (Wildman–Crippen MR) is 106 cm³/mol. The van der Waals surface area contributed by atoms with Crippen LogP contribution in [0.4, 0.5) is 0 Å². The molecule has 2 aromatic rings. The third-order valence-corrected chi connectivity index (χ3v) is 5.66. The number of aliphatic hydroxyl groups excluding tert-OH is 2. The fourth-order valence-corrected chi connectivity index (χ4v) is 4.05. The van der Waals surface area contributed by atoms with Crippen LogP contribution in [0.1, 0.15) is 0 Å². The molecule has 1 unspecified atom stereocenters.